The summed E-state index contributed by atoms with van der Waals surface area (Å²) in [6.07, 6.45) is 0. The van der Waals surface area contributed by atoms with Crippen LogP contribution in [0.1, 0.15) is 25.5 Å². The molecule has 0 saturated heterocycles. The Morgan fingerprint density at radius 2 is 1.75 bits per heavy atom. The fourth-order valence-corrected chi connectivity index (χ4v) is 3.37. The lowest BCUT2D eigenvalue weighted by Gasteiger charge is -2.11. The molecule has 28 heavy (non-hydrogen) atoms. The van der Waals surface area contributed by atoms with Gasteiger partial charge in [0, 0.05) is 5.56 Å². The molecule has 2 aromatic carbocycles. The summed E-state index contributed by atoms with van der Waals surface area (Å²) in [7, 11) is -3.81. The van der Waals surface area contributed by atoms with E-state index in [1.54, 1.807) is 26.0 Å². The highest BCUT2D eigenvalue weighted by Crippen LogP contribution is 2.38. The molecule has 1 heterocycles. The molecular weight excluding hydrogens is 380 g/mol. The van der Waals surface area contributed by atoms with Gasteiger partial charge in [-0.3, -0.25) is 4.79 Å². The predicted molar refractivity (Wildman–Crippen MR) is 104 cm³/mol. The Bertz CT molecular complexity index is 1070. The van der Waals surface area contributed by atoms with Crippen LogP contribution in [0.25, 0.3) is 22.4 Å². The van der Waals surface area contributed by atoms with Crippen molar-refractivity contribution in [3.63, 3.8) is 0 Å². The van der Waals surface area contributed by atoms with Crippen LogP contribution in [0.4, 0.5) is 0 Å². The van der Waals surface area contributed by atoms with E-state index in [4.69, 9.17) is 14.4 Å². The van der Waals surface area contributed by atoms with E-state index in [0.717, 1.165) is 5.56 Å². The molecule has 0 saturated carbocycles. The summed E-state index contributed by atoms with van der Waals surface area (Å²) in [5.74, 6) is -0.765. The molecule has 2 N–H and O–H groups in total. The number of nitrogens with two attached hydrogens (primary N) is 1. The number of benzene rings is 2. The van der Waals surface area contributed by atoms with Crippen molar-refractivity contribution in [2.24, 2.45) is 5.14 Å². The molecular formula is C20H20N2O5S. The molecule has 0 spiro atoms. The van der Waals surface area contributed by atoms with Gasteiger partial charge in [0.05, 0.1) is 17.1 Å². The predicted octanol–water partition coefficient (Wildman–Crippen LogP) is 3.32. The number of esters is 1. The number of aromatic nitrogens is 1. The molecule has 0 fully saturated rings. The Morgan fingerprint density at radius 1 is 1.11 bits per heavy atom. The second-order valence-electron chi connectivity index (χ2n) is 6.18. The van der Waals surface area contributed by atoms with Gasteiger partial charge >= 0.3 is 5.97 Å². The van der Waals surface area contributed by atoms with Crippen LogP contribution < -0.4 is 5.14 Å². The molecule has 0 bridgehead atoms. The maximum absolute atomic E-state index is 12.3. The first-order valence-electron chi connectivity index (χ1n) is 8.67. The molecule has 1 atom stereocenters. The third-order valence-corrected chi connectivity index (χ3v) is 5.20. The van der Waals surface area contributed by atoms with Gasteiger partial charge < -0.3 is 9.26 Å². The van der Waals surface area contributed by atoms with E-state index in [1.165, 1.54) is 12.1 Å². The minimum Gasteiger partial charge on any atom is -0.465 e. The first-order chi connectivity index (χ1) is 13.3. The van der Waals surface area contributed by atoms with Gasteiger partial charge in [0.25, 0.3) is 0 Å². The molecule has 0 amide bonds. The molecule has 3 rings (SSSR count). The number of hydrogen-bond acceptors (Lipinski definition) is 6. The van der Waals surface area contributed by atoms with Crippen LogP contribution >= 0.6 is 0 Å². The SMILES string of the molecule is CCOC(=O)C(C)c1onc(-c2ccccc2)c1-c1ccc(S(N)(=O)=O)cc1. The lowest BCUT2D eigenvalue weighted by Crippen LogP contribution is -2.13. The zero-order valence-electron chi connectivity index (χ0n) is 15.5. The molecule has 1 aromatic heterocycles. The lowest BCUT2D eigenvalue weighted by atomic mass is 9.94. The van der Waals surface area contributed by atoms with Gasteiger partial charge in [0.1, 0.15) is 11.6 Å². The Kier molecular flexibility index (Phi) is 5.62. The highest BCUT2D eigenvalue weighted by Gasteiger charge is 2.28. The zero-order valence-corrected chi connectivity index (χ0v) is 16.3. The Labute approximate surface area is 163 Å². The number of primary sulfonamides is 1. The van der Waals surface area contributed by atoms with E-state index in [-0.39, 0.29) is 11.5 Å². The van der Waals surface area contributed by atoms with E-state index in [2.05, 4.69) is 5.16 Å². The molecule has 8 heteroatoms. The smallest absolute Gasteiger partial charge is 0.316 e. The second kappa shape index (κ2) is 7.95. The average Bonchev–Trinajstić information content (AvgIpc) is 3.12. The third-order valence-electron chi connectivity index (χ3n) is 4.27. The third kappa shape index (κ3) is 3.97. The largest absolute Gasteiger partial charge is 0.465 e. The number of sulfonamides is 1. The molecule has 3 aromatic rings. The second-order valence-corrected chi connectivity index (χ2v) is 7.74. The molecule has 146 valence electrons. The fourth-order valence-electron chi connectivity index (χ4n) is 2.86. The maximum Gasteiger partial charge on any atom is 0.316 e. The summed E-state index contributed by atoms with van der Waals surface area (Å²) in [6.45, 7) is 3.66. The van der Waals surface area contributed by atoms with Gasteiger partial charge in [-0.25, -0.2) is 13.6 Å². The first-order valence-corrected chi connectivity index (χ1v) is 10.2. The van der Waals surface area contributed by atoms with E-state index >= 15 is 0 Å². The number of carbonyl (C=O) groups excluding carboxylic acids is 1. The summed E-state index contributed by atoms with van der Waals surface area (Å²) < 4.78 is 33.7. The molecule has 0 aliphatic rings. The summed E-state index contributed by atoms with van der Waals surface area (Å²) in [5, 5.41) is 9.35. The van der Waals surface area contributed by atoms with Crippen molar-refractivity contribution in [3.05, 3.63) is 60.4 Å². The average molecular weight is 400 g/mol. The van der Waals surface area contributed by atoms with Crippen LogP contribution in [0.5, 0.6) is 0 Å². The number of ether oxygens (including phenoxy) is 1. The minimum absolute atomic E-state index is 0.00560. The van der Waals surface area contributed by atoms with Crippen molar-refractivity contribution >= 4 is 16.0 Å². The van der Waals surface area contributed by atoms with Gasteiger partial charge in [-0.1, -0.05) is 47.6 Å². The standard InChI is InChI=1S/C20H20N2O5S/c1-3-26-20(23)13(2)19-17(14-9-11-16(12-10-14)28(21,24)25)18(22-27-19)15-7-5-4-6-8-15/h4-13H,3H2,1-2H3,(H2,21,24,25). The molecule has 0 aliphatic carbocycles. The van der Waals surface area contributed by atoms with E-state index in [0.29, 0.717) is 22.6 Å². The quantitative estimate of drug-likeness (QED) is 0.635. The van der Waals surface area contributed by atoms with Crippen LogP contribution in [0.15, 0.2) is 64.0 Å². The van der Waals surface area contributed by atoms with Gasteiger partial charge in [0.2, 0.25) is 10.0 Å². The van der Waals surface area contributed by atoms with Crippen LogP contribution in [0, 0.1) is 0 Å². The summed E-state index contributed by atoms with van der Waals surface area (Å²) in [6, 6.07) is 15.4. The Balaban J connectivity index is 2.16. The van der Waals surface area contributed by atoms with Gasteiger partial charge in [-0.15, -0.1) is 0 Å². The highest BCUT2D eigenvalue weighted by molar-refractivity contribution is 7.89. The minimum atomic E-state index is -3.81. The number of carbonyl (C=O) groups is 1. The van der Waals surface area contributed by atoms with E-state index in [1.807, 2.05) is 30.3 Å². The van der Waals surface area contributed by atoms with Crippen molar-refractivity contribution in [3.8, 4) is 22.4 Å². The lowest BCUT2D eigenvalue weighted by molar-refractivity contribution is -0.144. The summed E-state index contributed by atoms with van der Waals surface area (Å²) >= 11 is 0. The maximum atomic E-state index is 12.3. The number of nitrogens with zero attached hydrogens (tertiary/aromatic N) is 1. The number of rotatable bonds is 6. The zero-order chi connectivity index (χ0) is 20.3. The summed E-state index contributed by atoms with van der Waals surface area (Å²) in [5.41, 5.74) is 2.61. The van der Waals surface area contributed by atoms with Gasteiger partial charge in [-0.05, 0) is 31.5 Å². The van der Waals surface area contributed by atoms with Crippen LogP contribution in [0.2, 0.25) is 0 Å². The van der Waals surface area contributed by atoms with Crippen LogP contribution in [-0.4, -0.2) is 26.2 Å². The van der Waals surface area contributed by atoms with Crippen LogP contribution in [-0.2, 0) is 19.6 Å². The molecule has 7 nitrogen and oxygen atoms in total. The first kappa shape index (κ1) is 19.8. The van der Waals surface area contributed by atoms with Crippen molar-refractivity contribution in [2.45, 2.75) is 24.7 Å². The van der Waals surface area contributed by atoms with E-state index in [9.17, 15) is 13.2 Å². The van der Waals surface area contributed by atoms with Gasteiger partial charge in [-0.2, -0.15) is 0 Å². The Morgan fingerprint density at radius 3 is 2.32 bits per heavy atom. The van der Waals surface area contributed by atoms with Crippen molar-refractivity contribution in [1.29, 1.82) is 0 Å². The van der Waals surface area contributed by atoms with Crippen molar-refractivity contribution < 1.29 is 22.5 Å². The fraction of sp³-hybridized carbons (Fsp3) is 0.200. The Hall–Kier alpha value is -2.97. The van der Waals surface area contributed by atoms with Gasteiger partial charge in [0.15, 0.2) is 5.76 Å². The van der Waals surface area contributed by atoms with E-state index < -0.39 is 21.9 Å². The molecule has 1 unspecified atom stereocenters. The molecule has 0 aliphatic heterocycles. The highest BCUT2D eigenvalue weighted by atomic mass is 32.2. The monoisotopic (exact) mass is 400 g/mol. The number of hydrogen-bond donors (Lipinski definition) is 1. The topological polar surface area (TPSA) is 112 Å². The summed E-state index contributed by atoms with van der Waals surface area (Å²) in [4.78, 5) is 12.2. The van der Waals surface area contributed by atoms with Crippen molar-refractivity contribution in [1.82, 2.24) is 5.16 Å². The normalized spacial score (nSPS) is 12.5. The molecule has 0 radical (unpaired) electrons. The van der Waals surface area contributed by atoms with Crippen molar-refractivity contribution in [2.75, 3.05) is 6.61 Å². The van der Waals surface area contributed by atoms with Crippen LogP contribution in [0.3, 0.4) is 0 Å².